The standard InChI is InChI=1S/C24H33N5O2.HI/c1-4-31-22-14-18(2)10-11-20(22)17-27-23(25-3)26-16-19-8-7-9-21(15-19)28-24(30)29-12-5-6-13-29;/h7-11,14-15H,4-6,12-13,16-17H2,1-3H3,(H,28,30)(H2,25,26,27);1H. The first-order valence-electron chi connectivity index (χ1n) is 10.9. The highest BCUT2D eigenvalue weighted by Gasteiger charge is 2.17. The van der Waals surface area contributed by atoms with Crippen LogP contribution >= 0.6 is 24.0 Å². The zero-order valence-corrected chi connectivity index (χ0v) is 21.4. The Labute approximate surface area is 208 Å². The number of halogens is 1. The smallest absolute Gasteiger partial charge is 0.321 e. The van der Waals surface area contributed by atoms with E-state index in [4.69, 9.17) is 4.74 Å². The number of likely N-dealkylation sites (tertiary alicyclic amines) is 1. The minimum Gasteiger partial charge on any atom is -0.494 e. The quantitative estimate of drug-likeness (QED) is 0.269. The van der Waals surface area contributed by atoms with Gasteiger partial charge < -0.3 is 25.6 Å². The molecule has 174 valence electrons. The first kappa shape index (κ1) is 25.8. The molecule has 0 spiro atoms. The fourth-order valence-corrected chi connectivity index (χ4v) is 3.56. The van der Waals surface area contributed by atoms with Gasteiger partial charge in [-0.1, -0.05) is 24.3 Å². The van der Waals surface area contributed by atoms with Crippen LogP contribution in [0.25, 0.3) is 0 Å². The van der Waals surface area contributed by atoms with Crippen LogP contribution < -0.4 is 20.7 Å². The van der Waals surface area contributed by atoms with Gasteiger partial charge in [0.25, 0.3) is 0 Å². The Morgan fingerprint density at radius 1 is 1.09 bits per heavy atom. The van der Waals surface area contributed by atoms with Gasteiger partial charge in [0.15, 0.2) is 5.96 Å². The number of aliphatic imine (C=N–C) groups is 1. The molecule has 32 heavy (non-hydrogen) atoms. The molecule has 8 heteroatoms. The highest BCUT2D eigenvalue weighted by atomic mass is 127. The normalized spacial score (nSPS) is 13.3. The molecule has 1 aliphatic heterocycles. The zero-order valence-electron chi connectivity index (χ0n) is 19.1. The van der Waals surface area contributed by atoms with E-state index in [1.54, 1.807) is 7.05 Å². The second-order valence-electron chi connectivity index (χ2n) is 7.65. The first-order chi connectivity index (χ1) is 15.1. The number of anilines is 1. The van der Waals surface area contributed by atoms with Gasteiger partial charge in [0.2, 0.25) is 0 Å². The van der Waals surface area contributed by atoms with E-state index in [0.29, 0.717) is 25.7 Å². The number of amides is 2. The van der Waals surface area contributed by atoms with Gasteiger partial charge in [-0.2, -0.15) is 0 Å². The van der Waals surface area contributed by atoms with Gasteiger partial charge in [-0.25, -0.2) is 4.79 Å². The molecule has 0 bridgehead atoms. The second-order valence-corrected chi connectivity index (χ2v) is 7.65. The Kier molecular flexibility index (Phi) is 10.6. The lowest BCUT2D eigenvalue weighted by atomic mass is 10.1. The van der Waals surface area contributed by atoms with Crippen LogP contribution in [0.3, 0.4) is 0 Å². The Hall–Kier alpha value is -2.49. The van der Waals surface area contributed by atoms with Crippen LogP contribution in [0, 0.1) is 6.92 Å². The predicted octanol–water partition coefficient (Wildman–Crippen LogP) is 4.50. The lowest BCUT2D eigenvalue weighted by molar-refractivity contribution is 0.222. The van der Waals surface area contributed by atoms with Crippen LogP contribution in [0.1, 0.15) is 36.5 Å². The first-order valence-corrected chi connectivity index (χ1v) is 10.9. The summed E-state index contributed by atoms with van der Waals surface area (Å²) in [6.45, 7) is 7.56. The summed E-state index contributed by atoms with van der Waals surface area (Å²) in [6.07, 6.45) is 2.16. The van der Waals surface area contributed by atoms with E-state index in [-0.39, 0.29) is 30.0 Å². The van der Waals surface area contributed by atoms with E-state index in [0.717, 1.165) is 48.5 Å². The summed E-state index contributed by atoms with van der Waals surface area (Å²) < 4.78 is 5.76. The molecule has 0 aromatic heterocycles. The van der Waals surface area contributed by atoms with Crippen molar-refractivity contribution in [1.29, 1.82) is 0 Å². The van der Waals surface area contributed by atoms with Crippen molar-refractivity contribution in [3.8, 4) is 5.75 Å². The third-order valence-corrected chi connectivity index (χ3v) is 5.22. The van der Waals surface area contributed by atoms with Crippen molar-refractivity contribution < 1.29 is 9.53 Å². The number of ether oxygens (including phenoxy) is 1. The number of guanidine groups is 1. The molecule has 1 aliphatic rings. The third kappa shape index (κ3) is 7.58. The molecule has 2 aromatic rings. The van der Waals surface area contributed by atoms with Gasteiger partial charge in [0.05, 0.1) is 6.61 Å². The fraction of sp³-hybridized carbons (Fsp3) is 0.417. The second kappa shape index (κ2) is 13.1. The minimum atomic E-state index is -0.0247. The summed E-state index contributed by atoms with van der Waals surface area (Å²) in [6, 6.07) is 14.1. The van der Waals surface area contributed by atoms with Gasteiger partial charge in [-0.15, -0.1) is 24.0 Å². The molecule has 3 rings (SSSR count). The number of rotatable bonds is 7. The van der Waals surface area contributed by atoms with Gasteiger partial charge in [-0.05, 0) is 56.0 Å². The van der Waals surface area contributed by atoms with E-state index in [9.17, 15) is 4.79 Å². The molecule has 1 fully saturated rings. The lowest BCUT2D eigenvalue weighted by Gasteiger charge is -2.17. The highest BCUT2D eigenvalue weighted by molar-refractivity contribution is 14.0. The summed E-state index contributed by atoms with van der Waals surface area (Å²) in [5, 5.41) is 9.66. The maximum atomic E-state index is 12.3. The van der Waals surface area contributed by atoms with E-state index >= 15 is 0 Å². The molecule has 0 atom stereocenters. The minimum absolute atomic E-state index is 0. The molecule has 2 amide bonds. The van der Waals surface area contributed by atoms with Gasteiger partial charge >= 0.3 is 6.03 Å². The van der Waals surface area contributed by atoms with Crippen LogP contribution in [0.5, 0.6) is 5.75 Å². The molecular formula is C24H34IN5O2. The van der Waals surface area contributed by atoms with Crippen molar-refractivity contribution in [2.45, 2.75) is 39.8 Å². The number of aryl methyl sites for hydroxylation is 1. The van der Waals surface area contributed by atoms with Crippen molar-refractivity contribution in [3.05, 3.63) is 59.2 Å². The molecule has 0 aliphatic carbocycles. The average molecular weight is 551 g/mol. The van der Waals surface area contributed by atoms with Crippen LogP contribution in [-0.2, 0) is 13.1 Å². The molecule has 0 saturated carbocycles. The Morgan fingerprint density at radius 3 is 2.56 bits per heavy atom. The number of urea groups is 1. The van der Waals surface area contributed by atoms with Gasteiger partial charge in [0, 0.05) is 44.5 Å². The Balaban J connectivity index is 0.00000363. The van der Waals surface area contributed by atoms with Crippen LogP contribution in [0.4, 0.5) is 10.5 Å². The summed E-state index contributed by atoms with van der Waals surface area (Å²) >= 11 is 0. The van der Waals surface area contributed by atoms with Crippen LogP contribution in [-0.4, -0.2) is 43.6 Å². The number of benzene rings is 2. The van der Waals surface area contributed by atoms with Crippen molar-refractivity contribution in [2.24, 2.45) is 4.99 Å². The number of carbonyl (C=O) groups excluding carboxylic acids is 1. The molecule has 2 aromatic carbocycles. The van der Waals surface area contributed by atoms with Gasteiger partial charge in [-0.3, -0.25) is 4.99 Å². The zero-order chi connectivity index (χ0) is 22.1. The topological polar surface area (TPSA) is 78.0 Å². The third-order valence-electron chi connectivity index (χ3n) is 5.22. The molecule has 7 nitrogen and oxygen atoms in total. The van der Waals surface area contributed by atoms with Crippen LogP contribution in [0.2, 0.25) is 0 Å². The Bertz CT molecular complexity index is 913. The van der Waals surface area contributed by atoms with E-state index in [2.05, 4.69) is 46.1 Å². The maximum Gasteiger partial charge on any atom is 0.321 e. The van der Waals surface area contributed by atoms with E-state index < -0.39 is 0 Å². The number of nitrogens with zero attached hydrogens (tertiary/aromatic N) is 2. The summed E-state index contributed by atoms with van der Waals surface area (Å²) in [4.78, 5) is 18.5. The monoisotopic (exact) mass is 551 g/mol. The SMILES string of the molecule is CCOc1cc(C)ccc1CNC(=NC)NCc1cccc(NC(=O)N2CCCC2)c1.I. The van der Waals surface area contributed by atoms with Crippen LogP contribution in [0.15, 0.2) is 47.5 Å². The van der Waals surface area contributed by atoms with E-state index in [1.807, 2.05) is 36.1 Å². The van der Waals surface area contributed by atoms with Crippen molar-refractivity contribution in [2.75, 3.05) is 32.1 Å². The molecule has 1 heterocycles. The van der Waals surface area contributed by atoms with Crippen molar-refractivity contribution in [1.82, 2.24) is 15.5 Å². The number of nitrogens with one attached hydrogen (secondary N) is 3. The number of carbonyl (C=O) groups is 1. The molecule has 0 radical (unpaired) electrons. The summed E-state index contributed by atoms with van der Waals surface area (Å²) in [7, 11) is 1.75. The fourth-order valence-electron chi connectivity index (χ4n) is 3.56. The molecular weight excluding hydrogens is 517 g/mol. The lowest BCUT2D eigenvalue weighted by Crippen LogP contribution is -2.36. The average Bonchev–Trinajstić information content (AvgIpc) is 3.31. The summed E-state index contributed by atoms with van der Waals surface area (Å²) in [5.41, 5.74) is 4.13. The van der Waals surface area contributed by atoms with Crippen molar-refractivity contribution in [3.63, 3.8) is 0 Å². The summed E-state index contributed by atoms with van der Waals surface area (Å²) in [5.74, 6) is 1.60. The number of hydrogen-bond donors (Lipinski definition) is 3. The number of hydrogen-bond acceptors (Lipinski definition) is 3. The van der Waals surface area contributed by atoms with E-state index in [1.165, 1.54) is 5.56 Å². The molecule has 0 unspecified atom stereocenters. The Morgan fingerprint density at radius 2 is 1.84 bits per heavy atom. The highest BCUT2D eigenvalue weighted by Crippen LogP contribution is 2.20. The largest absolute Gasteiger partial charge is 0.494 e. The van der Waals surface area contributed by atoms with Gasteiger partial charge in [0.1, 0.15) is 5.75 Å². The maximum absolute atomic E-state index is 12.3. The van der Waals surface area contributed by atoms with Crippen molar-refractivity contribution >= 4 is 41.7 Å². The molecule has 1 saturated heterocycles. The predicted molar refractivity (Wildman–Crippen MR) is 141 cm³/mol. The molecule has 3 N–H and O–H groups in total.